The first-order valence-corrected chi connectivity index (χ1v) is 12.6. The Morgan fingerprint density at radius 3 is 2.25 bits per heavy atom. The first-order chi connectivity index (χ1) is 18.6. The second kappa shape index (κ2) is 9.03. The molecule has 0 saturated heterocycles. The maximum Gasteiger partial charge on any atom is 0.416 e. The number of allylic oxidation sites excluding steroid dienone is 1. The number of hydrogen-bond acceptors (Lipinski definition) is 7. The van der Waals surface area contributed by atoms with Crippen molar-refractivity contribution >= 4 is 17.5 Å². The summed E-state index contributed by atoms with van der Waals surface area (Å²) in [4.78, 5) is 41.2. The summed E-state index contributed by atoms with van der Waals surface area (Å²) in [5.41, 5.74) is 2.71. The fourth-order valence-corrected chi connectivity index (χ4v) is 6.74. The lowest BCUT2D eigenvalue weighted by atomic mass is 9.57. The predicted octanol–water partition coefficient (Wildman–Crippen LogP) is 3.31. The number of alkyl halides is 3. The highest BCUT2D eigenvalue weighted by molar-refractivity contribution is 6.25. The highest BCUT2D eigenvalue weighted by Gasteiger charge is 2.62. The highest BCUT2D eigenvalue weighted by atomic mass is 19.4. The van der Waals surface area contributed by atoms with E-state index in [4.69, 9.17) is 5.73 Å². The Kier molecular flexibility index (Phi) is 6.23. The topological polar surface area (TPSA) is 141 Å². The Hall–Kier alpha value is -3.96. The molecule has 1 amide bonds. The number of fused-ring (bicyclic) bond motifs is 3. The normalized spacial score (nSPS) is 26.6. The summed E-state index contributed by atoms with van der Waals surface area (Å²) in [6.07, 6.45) is -4.38. The van der Waals surface area contributed by atoms with Crippen molar-refractivity contribution in [3.05, 3.63) is 75.6 Å². The van der Waals surface area contributed by atoms with E-state index in [9.17, 15) is 42.9 Å². The van der Waals surface area contributed by atoms with Crippen molar-refractivity contribution < 1.29 is 42.9 Å². The van der Waals surface area contributed by atoms with Crippen LogP contribution in [0.3, 0.4) is 0 Å². The minimum atomic E-state index is -4.53. The van der Waals surface area contributed by atoms with Gasteiger partial charge in [0, 0.05) is 17.5 Å². The van der Waals surface area contributed by atoms with Gasteiger partial charge in [0.05, 0.1) is 16.7 Å². The summed E-state index contributed by atoms with van der Waals surface area (Å²) < 4.78 is 39.4. The molecule has 5 rings (SSSR count). The molecule has 2 aromatic rings. The number of aliphatic hydroxyl groups excluding tert-OH is 1. The number of halogens is 3. The molecule has 4 atom stereocenters. The Balaban J connectivity index is 1.68. The highest BCUT2D eigenvalue weighted by Crippen LogP contribution is 2.53. The Labute approximate surface area is 227 Å². The molecule has 0 fully saturated rings. The summed E-state index contributed by atoms with van der Waals surface area (Å²) in [5, 5.41) is 33.8. The van der Waals surface area contributed by atoms with Gasteiger partial charge in [-0.05, 0) is 80.2 Å². The second-order valence-corrected chi connectivity index (χ2v) is 10.8. The van der Waals surface area contributed by atoms with E-state index in [0.29, 0.717) is 22.3 Å². The van der Waals surface area contributed by atoms with Crippen LogP contribution >= 0.6 is 0 Å². The fourth-order valence-electron chi connectivity index (χ4n) is 6.74. The molecule has 3 aliphatic carbocycles. The molecule has 210 valence electrons. The van der Waals surface area contributed by atoms with Gasteiger partial charge in [-0.25, -0.2) is 0 Å². The number of hydrogen-bond donors (Lipinski definition) is 4. The third-order valence-corrected chi connectivity index (χ3v) is 8.43. The van der Waals surface area contributed by atoms with Crippen LogP contribution < -0.4 is 5.73 Å². The molecule has 40 heavy (non-hydrogen) atoms. The number of phenolic OH excluding ortho intramolecular Hbond substituents is 1. The Morgan fingerprint density at radius 2 is 1.70 bits per heavy atom. The molecule has 0 radical (unpaired) electrons. The van der Waals surface area contributed by atoms with E-state index in [-0.39, 0.29) is 24.0 Å². The van der Waals surface area contributed by atoms with Crippen molar-refractivity contribution in [2.24, 2.45) is 17.6 Å². The zero-order valence-corrected chi connectivity index (χ0v) is 21.8. The lowest BCUT2D eigenvalue weighted by molar-refractivity contribution is -0.146. The molecule has 0 aliphatic heterocycles. The first kappa shape index (κ1) is 27.6. The minimum Gasteiger partial charge on any atom is -0.508 e. The van der Waals surface area contributed by atoms with Crippen LogP contribution in [0, 0.1) is 11.8 Å². The fraction of sp³-hybridized carbons (Fsp3) is 0.345. The zero-order valence-electron chi connectivity index (χ0n) is 21.8. The van der Waals surface area contributed by atoms with Crippen LogP contribution in [0.25, 0.3) is 11.1 Å². The van der Waals surface area contributed by atoms with E-state index < -0.39 is 69.8 Å². The molecule has 5 N–H and O–H groups in total. The van der Waals surface area contributed by atoms with E-state index in [2.05, 4.69) is 0 Å². The Morgan fingerprint density at radius 1 is 1.07 bits per heavy atom. The lowest BCUT2D eigenvalue weighted by Gasteiger charge is -2.51. The minimum absolute atomic E-state index is 0.0567. The predicted molar refractivity (Wildman–Crippen MR) is 137 cm³/mol. The summed E-state index contributed by atoms with van der Waals surface area (Å²) in [6, 6.07) is 6.47. The SMILES string of the molecule is CC1=C(C(N)=O)C(=O)[C@@]2(O)C(O)=C3C(=O)c4c(O)ccc(-c5ccc(C(F)(F)F)cc5)c4C[C@H]3C[C@H]2[C@@H]1N(C)C. The average Bonchev–Trinajstić information content (AvgIpc) is 2.85. The zero-order chi connectivity index (χ0) is 29.5. The van der Waals surface area contributed by atoms with Crippen LogP contribution in [0.1, 0.15) is 34.8 Å². The standard InChI is InChI=1S/C29H27F3N2O6/c1-12-20(27(33)39)25(37)28(40)18(23(12)34(2)3)11-14-10-17-16(13-4-6-15(7-5-13)29(30,31)32)8-9-19(35)22(17)24(36)21(14)26(28)38/h4-9,14,18,23,35,38,40H,10-11H2,1-3H3,(H2,33,39)/t14-,18-,23+,28+/m0/s1. The summed E-state index contributed by atoms with van der Waals surface area (Å²) in [5.74, 6) is -5.93. The number of carbonyl (C=O) groups excluding carboxylic acids is 3. The third-order valence-electron chi connectivity index (χ3n) is 8.43. The lowest BCUT2D eigenvalue weighted by Crippen LogP contribution is -2.63. The summed E-state index contributed by atoms with van der Waals surface area (Å²) in [7, 11) is 3.36. The van der Waals surface area contributed by atoms with E-state index in [1.165, 1.54) is 24.3 Å². The molecule has 0 saturated carbocycles. The van der Waals surface area contributed by atoms with Gasteiger partial charge in [0.15, 0.2) is 11.4 Å². The number of benzene rings is 2. The molecule has 11 heteroatoms. The quantitative estimate of drug-likeness (QED) is 0.425. The number of likely N-dealkylation sites (N-methyl/N-ethyl adjacent to an activating group) is 1. The van der Waals surface area contributed by atoms with Crippen LogP contribution in [0.4, 0.5) is 13.2 Å². The number of primary amides is 1. The Bertz CT molecular complexity index is 1540. The summed E-state index contributed by atoms with van der Waals surface area (Å²) >= 11 is 0. The van der Waals surface area contributed by atoms with Gasteiger partial charge in [0.25, 0.3) is 5.91 Å². The number of nitrogens with zero attached hydrogens (tertiary/aromatic N) is 1. The van der Waals surface area contributed by atoms with Crippen LogP contribution in [0.5, 0.6) is 5.75 Å². The molecule has 2 aromatic carbocycles. The van der Waals surface area contributed by atoms with Gasteiger partial charge in [-0.1, -0.05) is 18.2 Å². The number of Topliss-reactive ketones (excluding diaryl/α,β-unsaturated/α-hetero) is 2. The number of aliphatic hydroxyl groups is 2. The van der Waals surface area contributed by atoms with E-state index in [1.807, 2.05) is 0 Å². The second-order valence-electron chi connectivity index (χ2n) is 10.8. The van der Waals surface area contributed by atoms with Gasteiger partial charge in [0.1, 0.15) is 11.5 Å². The number of phenols is 1. The maximum absolute atomic E-state index is 13.8. The molecule has 3 aliphatic rings. The first-order valence-electron chi connectivity index (χ1n) is 12.6. The number of rotatable bonds is 3. The van der Waals surface area contributed by atoms with Crippen molar-refractivity contribution in [2.45, 2.75) is 37.6 Å². The van der Waals surface area contributed by atoms with Gasteiger partial charge in [0.2, 0.25) is 5.78 Å². The molecule has 0 spiro atoms. The van der Waals surface area contributed by atoms with E-state index >= 15 is 0 Å². The van der Waals surface area contributed by atoms with Crippen molar-refractivity contribution in [2.75, 3.05) is 14.1 Å². The van der Waals surface area contributed by atoms with Crippen LogP contribution in [0.2, 0.25) is 0 Å². The van der Waals surface area contributed by atoms with Gasteiger partial charge < -0.3 is 26.0 Å². The van der Waals surface area contributed by atoms with Gasteiger partial charge >= 0.3 is 6.18 Å². The van der Waals surface area contributed by atoms with Crippen molar-refractivity contribution in [1.29, 1.82) is 0 Å². The van der Waals surface area contributed by atoms with E-state index in [1.54, 1.807) is 25.9 Å². The maximum atomic E-state index is 13.8. The summed E-state index contributed by atoms with van der Waals surface area (Å²) in [6.45, 7) is 1.56. The average molecular weight is 557 g/mol. The number of nitrogens with two attached hydrogens (primary N) is 1. The number of ketones is 2. The third kappa shape index (κ3) is 3.79. The van der Waals surface area contributed by atoms with Crippen molar-refractivity contribution in [3.8, 4) is 16.9 Å². The molecule has 8 nitrogen and oxygen atoms in total. The molecular weight excluding hydrogens is 529 g/mol. The number of aromatic hydroxyl groups is 1. The molecule has 0 heterocycles. The van der Waals surface area contributed by atoms with Crippen molar-refractivity contribution in [1.82, 2.24) is 4.90 Å². The van der Waals surface area contributed by atoms with Gasteiger partial charge in [-0.2, -0.15) is 13.2 Å². The molecule has 0 unspecified atom stereocenters. The smallest absolute Gasteiger partial charge is 0.416 e. The van der Waals surface area contributed by atoms with Crippen LogP contribution in [0.15, 0.2) is 58.9 Å². The molecule has 0 bridgehead atoms. The number of amides is 1. The molecule has 0 aromatic heterocycles. The largest absolute Gasteiger partial charge is 0.508 e. The monoisotopic (exact) mass is 556 g/mol. The van der Waals surface area contributed by atoms with Gasteiger partial charge in [-0.3, -0.25) is 14.4 Å². The van der Waals surface area contributed by atoms with Gasteiger partial charge in [-0.15, -0.1) is 0 Å². The van der Waals surface area contributed by atoms with Crippen molar-refractivity contribution in [3.63, 3.8) is 0 Å². The van der Waals surface area contributed by atoms with E-state index in [0.717, 1.165) is 12.1 Å². The molecular formula is C29H27F3N2O6. The van der Waals surface area contributed by atoms with Crippen LogP contribution in [-0.4, -0.2) is 63.4 Å². The number of carbonyl (C=O) groups is 3. The van der Waals surface area contributed by atoms with Crippen LogP contribution in [-0.2, 0) is 22.2 Å².